The van der Waals surface area contributed by atoms with E-state index in [1.165, 1.54) is 6.20 Å². The van der Waals surface area contributed by atoms with E-state index in [2.05, 4.69) is 34.4 Å². The lowest BCUT2D eigenvalue weighted by Crippen LogP contribution is -2.07. The Morgan fingerprint density at radius 1 is 1.25 bits per heavy atom. The molecule has 0 atom stereocenters. The highest BCUT2D eigenvalue weighted by atomic mass is 19.1. The second-order valence-electron chi connectivity index (χ2n) is 4.79. The van der Waals surface area contributed by atoms with E-state index in [9.17, 15) is 4.39 Å². The zero-order valence-electron chi connectivity index (χ0n) is 11.9. The number of para-hydroxylation sites is 1. The molecule has 5 heteroatoms. The maximum atomic E-state index is 13.8. The molecule has 0 spiro atoms. The van der Waals surface area contributed by atoms with Crippen molar-refractivity contribution < 1.29 is 4.39 Å². The maximum absolute atomic E-state index is 13.8. The molecule has 0 saturated heterocycles. The van der Waals surface area contributed by atoms with Gasteiger partial charge >= 0.3 is 0 Å². The van der Waals surface area contributed by atoms with E-state index in [4.69, 9.17) is 0 Å². The first-order valence-corrected chi connectivity index (χ1v) is 6.74. The number of nitrogens with one attached hydrogen (secondary N) is 2. The fourth-order valence-corrected chi connectivity index (χ4v) is 1.94. The fourth-order valence-electron chi connectivity index (χ4n) is 1.94. The van der Waals surface area contributed by atoms with Crippen molar-refractivity contribution >= 4 is 17.5 Å². The summed E-state index contributed by atoms with van der Waals surface area (Å²) in [6.07, 6.45) is 1.17. The van der Waals surface area contributed by atoms with Crippen LogP contribution in [0.25, 0.3) is 0 Å². The lowest BCUT2D eigenvalue weighted by atomic mass is 10.0. The first kappa shape index (κ1) is 14.2. The van der Waals surface area contributed by atoms with Crippen LogP contribution in [-0.2, 0) is 0 Å². The number of nitrogens with zero attached hydrogens (tertiary/aromatic N) is 2. The molecule has 0 aliphatic carbocycles. The lowest BCUT2D eigenvalue weighted by Gasteiger charge is -2.14. The van der Waals surface area contributed by atoms with Gasteiger partial charge in [0, 0.05) is 12.2 Å². The zero-order valence-corrected chi connectivity index (χ0v) is 11.9. The Morgan fingerprint density at radius 2 is 2.00 bits per heavy atom. The van der Waals surface area contributed by atoms with E-state index >= 15 is 0 Å². The van der Waals surface area contributed by atoms with Crippen LogP contribution >= 0.6 is 0 Å². The smallest absolute Gasteiger partial charge is 0.224 e. The Morgan fingerprint density at radius 3 is 2.70 bits per heavy atom. The summed E-state index contributed by atoms with van der Waals surface area (Å²) < 4.78 is 13.8. The third-order valence-corrected chi connectivity index (χ3v) is 2.91. The number of hydrogen-bond donors (Lipinski definition) is 2. The minimum atomic E-state index is -0.467. The Labute approximate surface area is 118 Å². The van der Waals surface area contributed by atoms with E-state index in [0.29, 0.717) is 18.4 Å². The largest absolute Gasteiger partial charge is 0.354 e. The highest BCUT2D eigenvalue weighted by Crippen LogP contribution is 2.27. The number of halogens is 1. The normalized spacial score (nSPS) is 10.7. The van der Waals surface area contributed by atoms with E-state index in [0.717, 1.165) is 11.3 Å². The number of anilines is 3. The van der Waals surface area contributed by atoms with Crippen LogP contribution in [0.2, 0.25) is 0 Å². The van der Waals surface area contributed by atoms with Crippen LogP contribution in [0.5, 0.6) is 0 Å². The standard InChI is InChI=1S/C15H19FN4/c1-4-17-15-18-9-12(16)14(20-15)19-13-8-6-5-7-11(13)10(2)3/h5-10H,4H2,1-3H3,(H2,17,18,19,20). The summed E-state index contributed by atoms with van der Waals surface area (Å²) in [7, 11) is 0. The monoisotopic (exact) mass is 274 g/mol. The molecule has 0 fully saturated rings. The first-order valence-electron chi connectivity index (χ1n) is 6.74. The SMILES string of the molecule is CCNc1ncc(F)c(Nc2ccccc2C(C)C)n1. The van der Waals surface area contributed by atoms with Gasteiger partial charge in [-0.25, -0.2) is 9.37 Å². The van der Waals surface area contributed by atoms with E-state index in [1.54, 1.807) is 0 Å². The summed E-state index contributed by atoms with van der Waals surface area (Å²) in [5.74, 6) is 0.476. The van der Waals surface area contributed by atoms with Crippen LogP contribution in [0.4, 0.5) is 21.8 Å². The molecule has 1 heterocycles. The second kappa shape index (κ2) is 6.32. The van der Waals surface area contributed by atoms with Crippen molar-refractivity contribution in [3.8, 4) is 0 Å². The van der Waals surface area contributed by atoms with Crippen molar-refractivity contribution in [2.24, 2.45) is 0 Å². The number of benzene rings is 1. The molecule has 0 aliphatic heterocycles. The van der Waals surface area contributed by atoms with Crippen LogP contribution in [0.15, 0.2) is 30.5 Å². The molecule has 20 heavy (non-hydrogen) atoms. The molecule has 4 nitrogen and oxygen atoms in total. The molecule has 0 aliphatic rings. The molecular formula is C15H19FN4. The van der Waals surface area contributed by atoms with Gasteiger partial charge in [0.1, 0.15) is 0 Å². The van der Waals surface area contributed by atoms with E-state index in [-0.39, 0.29) is 5.82 Å². The van der Waals surface area contributed by atoms with E-state index < -0.39 is 5.82 Å². The van der Waals surface area contributed by atoms with Crippen molar-refractivity contribution in [3.63, 3.8) is 0 Å². The summed E-state index contributed by atoms with van der Waals surface area (Å²) in [6.45, 7) is 6.82. The second-order valence-corrected chi connectivity index (χ2v) is 4.79. The highest BCUT2D eigenvalue weighted by molar-refractivity contribution is 5.62. The van der Waals surface area contributed by atoms with Crippen molar-refractivity contribution in [2.45, 2.75) is 26.7 Å². The molecule has 1 aromatic carbocycles. The average molecular weight is 274 g/mol. The first-order chi connectivity index (χ1) is 9.61. The number of hydrogen-bond acceptors (Lipinski definition) is 4. The van der Waals surface area contributed by atoms with Crippen molar-refractivity contribution in [2.75, 3.05) is 17.2 Å². The van der Waals surface area contributed by atoms with Gasteiger partial charge in [-0.1, -0.05) is 32.0 Å². The average Bonchev–Trinajstić information content (AvgIpc) is 2.43. The number of rotatable bonds is 5. The summed E-state index contributed by atoms with van der Waals surface area (Å²) in [5.41, 5.74) is 1.98. The van der Waals surface area contributed by atoms with Gasteiger partial charge < -0.3 is 10.6 Å². The van der Waals surface area contributed by atoms with Gasteiger partial charge in [0.25, 0.3) is 0 Å². The van der Waals surface area contributed by atoms with E-state index in [1.807, 2.05) is 31.2 Å². The van der Waals surface area contributed by atoms with Crippen LogP contribution < -0.4 is 10.6 Å². The Bertz CT molecular complexity index is 584. The summed E-state index contributed by atoms with van der Waals surface area (Å²) in [4.78, 5) is 8.04. The van der Waals surface area contributed by atoms with Gasteiger partial charge in [0.15, 0.2) is 11.6 Å². The predicted molar refractivity (Wildman–Crippen MR) is 80.0 cm³/mol. The van der Waals surface area contributed by atoms with Crippen LogP contribution in [0, 0.1) is 5.82 Å². The number of aromatic nitrogens is 2. The van der Waals surface area contributed by atoms with Crippen LogP contribution in [-0.4, -0.2) is 16.5 Å². The Kier molecular flexibility index (Phi) is 4.50. The van der Waals surface area contributed by atoms with Crippen molar-refractivity contribution in [1.29, 1.82) is 0 Å². The van der Waals surface area contributed by atoms with Gasteiger partial charge in [0.05, 0.1) is 6.20 Å². The lowest BCUT2D eigenvalue weighted by molar-refractivity contribution is 0.619. The van der Waals surface area contributed by atoms with Crippen LogP contribution in [0.1, 0.15) is 32.3 Å². The predicted octanol–water partition coefficient (Wildman–Crippen LogP) is 3.91. The summed E-state index contributed by atoms with van der Waals surface area (Å²) >= 11 is 0. The summed E-state index contributed by atoms with van der Waals surface area (Å²) in [6, 6.07) is 7.83. The third kappa shape index (κ3) is 3.23. The minimum Gasteiger partial charge on any atom is -0.354 e. The Hall–Kier alpha value is -2.17. The third-order valence-electron chi connectivity index (χ3n) is 2.91. The van der Waals surface area contributed by atoms with Crippen molar-refractivity contribution in [1.82, 2.24) is 9.97 Å². The van der Waals surface area contributed by atoms with Gasteiger partial charge in [-0.3, -0.25) is 0 Å². The van der Waals surface area contributed by atoms with Gasteiger partial charge in [0.2, 0.25) is 5.95 Å². The molecule has 106 valence electrons. The molecule has 2 N–H and O–H groups in total. The summed E-state index contributed by atoms with van der Waals surface area (Å²) in [5, 5.41) is 6.02. The van der Waals surface area contributed by atoms with Gasteiger partial charge in [-0.2, -0.15) is 4.98 Å². The highest BCUT2D eigenvalue weighted by Gasteiger charge is 2.10. The maximum Gasteiger partial charge on any atom is 0.224 e. The molecule has 2 aromatic rings. The molecule has 0 bridgehead atoms. The molecule has 0 amide bonds. The quantitative estimate of drug-likeness (QED) is 0.867. The van der Waals surface area contributed by atoms with Crippen molar-refractivity contribution in [3.05, 3.63) is 41.8 Å². The zero-order chi connectivity index (χ0) is 14.5. The molecule has 0 unspecified atom stereocenters. The molecule has 2 rings (SSSR count). The Balaban J connectivity index is 2.32. The molecule has 0 radical (unpaired) electrons. The molecule has 1 aromatic heterocycles. The van der Waals surface area contributed by atoms with Gasteiger partial charge in [-0.15, -0.1) is 0 Å². The minimum absolute atomic E-state index is 0.184. The fraction of sp³-hybridized carbons (Fsp3) is 0.333. The van der Waals surface area contributed by atoms with Gasteiger partial charge in [-0.05, 0) is 24.5 Å². The topological polar surface area (TPSA) is 49.8 Å². The molecular weight excluding hydrogens is 255 g/mol. The van der Waals surface area contributed by atoms with Crippen LogP contribution in [0.3, 0.4) is 0 Å². The molecule has 0 saturated carbocycles.